The van der Waals surface area contributed by atoms with Gasteiger partial charge in [0.1, 0.15) is 6.33 Å². The maximum Gasteiger partial charge on any atom is 0.352 e. The van der Waals surface area contributed by atoms with Gasteiger partial charge in [0.25, 0.3) is 0 Å². The van der Waals surface area contributed by atoms with Crippen LogP contribution < -0.4 is 11.1 Å². The van der Waals surface area contributed by atoms with Crippen molar-refractivity contribution in [1.29, 1.82) is 0 Å². The molecule has 8 heteroatoms. The highest BCUT2D eigenvalue weighted by Gasteiger charge is 2.20. The van der Waals surface area contributed by atoms with E-state index in [1.165, 1.54) is 6.33 Å². The lowest BCUT2D eigenvalue weighted by atomic mass is 10.3. The summed E-state index contributed by atoms with van der Waals surface area (Å²) in [6.07, 6.45) is 2.06. The normalized spacial score (nSPS) is 10.5. The molecule has 0 saturated heterocycles. The average Bonchev–Trinajstić information content (AvgIpc) is 2.23. The van der Waals surface area contributed by atoms with Crippen LogP contribution in [0.25, 0.3) is 0 Å². The SMILES string of the molecule is CN(C)CCCNc1ncnc(N)c1[N+](=O)[O-]. The molecule has 0 unspecified atom stereocenters. The van der Waals surface area contributed by atoms with Gasteiger partial charge in [-0.2, -0.15) is 0 Å². The molecule has 0 aliphatic carbocycles. The van der Waals surface area contributed by atoms with Crippen molar-refractivity contribution in [2.75, 3.05) is 38.2 Å². The van der Waals surface area contributed by atoms with Crippen molar-refractivity contribution in [2.45, 2.75) is 6.42 Å². The highest BCUT2D eigenvalue weighted by atomic mass is 16.6. The lowest BCUT2D eigenvalue weighted by molar-refractivity contribution is -0.383. The van der Waals surface area contributed by atoms with E-state index in [-0.39, 0.29) is 17.3 Å². The van der Waals surface area contributed by atoms with Gasteiger partial charge in [0.2, 0.25) is 11.6 Å². The highest BCUT2D eigenvalue weighted by Crippen LogP contribution is 2.25. The molecule has 1 aromatic rings. The van der Waals surface area contributed by atoms with Crippen LogP contribution in [0.1, 0.15) is 6.42 Å². The number of nitrogens with two attached hydrogens (primary N) is 1. The fourth-order valence-corrected chi connectivity index (χ4v) is 1.30. The second-order valence-electron chi connectivity index (χ2n) is 3.80. The van der Waals surface area contributed by atoms with Crippen LogP contribution in [0, 0.1) is 10.1 Å². The molecule has 0 atom stereocenters. The van der Waals surface area contributed by atoms with Crippen molar-refractivity contribution in [3.63, 3.8) is 0 Å². The van der Waals surface area contributed by atoms with Gasteiger partial charge in [0, 0.05) is 6.54 Å². The van der Waals surface area contributed by atoms with Gasteiger partial charge in [0.15, 0.2) is 0 Å². The highest BCUT2D eigenvalue weighted by molar-refractivity contribution is 5.67. The summed E-state index contributed by atoms with van der Waals surface area (Å²) in [5.41, 5.74) is 5.17. The summed E-state index contributed by atoms with van der Waals surface area (Å²) in [6, 6.07) is 0. The van der Waals surface area contributed by atoms with E-state index in [2.05, 4.69) is 15.3 Å². The quantitative estimate of drug-likeness (QED) is 0.418. The number of aromatic nitrogens is 2. The van der Waals surface area contributed by atoms with Crippen LogP contribution in [0.2, 0.25) is 0 Å². The molecule has 0 radical (unpaired) electrons. The maximum atomic E-state index is 10.8. The summed E-state index contributed by atoms with van der Waals surface area (Å²) in [5, 5.41) is 13.7. The second-order valence-corrected chi connectivity index (χ2v) is 3.80. The van der Waals surface area contributed by atoms with Crippen LogP contribution in [0.15, 0.2) is 6.33 Å². The lowest BCUT2D eigenvalue weighted by Gasteiger charge is -2.10. The molecule has 8 nitrogen and oxygen atoms in total. The van der Waals surface area contributed by atoms with Gasteiger partial charge >= 0.3 is 5.69 Å². The minimum atomic E-state index is -0.580. The van der Waals surface area contributed by atoms with E-state index < -0.39 is 4.92 Å². The second kappa shape index (κ2) is 5.94. The van der Waals surface area contributed by atoms with Gasteiger partial charge in [-0.3, -0.25) is 10.1 Å². The van der Waals surface area contributed by atoms with Gasteiger partial charge in [-0.05, 0) is 27.1 Å². The van der Waals surface area contributed by atoms with Crippen molar-refractivity contribution < 1.29 is 4.92 Å². The fraction of sp³-hybridized carbons (Fsp3) is 0.556. The summed E-state index contributed by atoms with van der Waals surface area (Å²) in [4.78, 5) is 19.6. The van der Waals surface area contributed by atoms with E-state index in [9.17, 15) is 10.1 Å². The molecule has 0 spiro atoms. The van der Waals surface area contributed by atoms with Gasteiger partial charge in [-0.25, -0.2) is 9.97 Å². The Morgan fingerprint density at radius 3 is 2.82 bits per heavy atom. The molecule has 1 rings (SSSR count). The number of anilines is 2. The molecule has 0 amide bonds. The van der Waals surface area contributed by atoms with Gasteiger partial charge in [0.05, 0.1) is 4.92 Å². The number of nitrogen functional groups attached to an aromatic ring is 1. The monoisotopic (exact) mass is 240 g/mol. The Morgan fingerprint density at radius 2 is 2.24 bits per heavy atom. The number of nitrogens with zero attached hydrogens (tertiary/aromatic N) is 4. The van der Waals surface area contributed by atoms with Crippen molar-refractivity contribution in [3.05, 3.63) is 16.4 Å². The largest absolute Gasteiger partial charge is 0.378 e. The Hall–Kier alpha value is -1.96. The van der Waals surface area contributed by atoms with E-state index in [0.29, 0.717) is 6.54 Å². The molecular formula is C9H16N6O2. The van der Waals surface area contributed by atoms with E-state index in [1.54, 1.807) is 0 Å². The topological polar surface area (TPSA) is 110 Å². The molecule has 0 bridgehead atoms. The lowest BCUT2D eigenvalue weighted by Crippen LogP contribution is -2.17. The molecule has 0 saturated carbocycles. The van der Waals surface area contributed by atoms with Gasteiger partial charge in [-0.15, -0.1) is 0 Å². The molecule has 1 heterocycles. The molecule has 0 aliphatic heterocycles. The Balaban J connectivity index is 2.64. The Morgan fingerprint density at radius 1 is 1.53 bits per heavy atom. The van der Waals surface area contributed by atoms with E-state index >= 15 is 0 Å². The molecule has 0 aliphatic rings. The zero-order valence-corrected chi connectivity index (χ0v) is 9.88. The first-order valence-corrected chi connectivity index (χ1v) is 5.16. The zero-order valence-electron chi connectivity index (χ0n) is 9.88. The first-order chi connectivity index (χ1) is 8.02. The first-order valence-electron chi connectivity index (χ1n) is 5.16. The minimum Gasteiger partial charge on any atom is -0.378 e. The standard InChI is InChI=1S/C9H16N6O2/c1-14(2)5-3-4-11-9-7(15(16)17)8(10)12-6-13-9/h6H,3-5H2,1-2H3,(H3,10,11,12,13). The minimum absolute atomic E-state index is 0.125. The van der Waals surface area contributed by atoms with Crippen molar-refractivity contribution in [1.82, 2.24) is 14.9 Å². The maximum absolute atomic E-state index is 10.8. The van der Waals surface area contributed by atoms with Crippen LogP contribution in [-0.2, 0) is 0 Å². The molecule has 0 fully saturated rings. The molecule has 17 heavy (non-hydrogen) atoms. The smallest absolute Gasteiger partial charge is 0.352 e. The third kappa shape index (κ3) is 3.83. The summed E-state index contributed by atoms with van der Waals surface area (Å²) in [5.74, 6) is 0.0429. The summed E-state index contributed by atoms with van der Waals surface area (Å²) < 4.78 is 0. The van der Waals surface area contributed by atoms with Crippen LogP contribution in [-0.4, -0.2) is 47.0 Å². The molecule has 3 N–H and O–H groups in total. The first kappa shape index (κ1) is 13.1. The van der Waals surface area contributed by atoms with E-state index in [4.69, 9.17) is 5.73 Å². The predicted octanol–water partition coefficient (Wildman–Crippen LogP) is 0.331. The van der Waals surface area contributed by atoms with Crippen LogP contribution in [0.4, 0.5) is 17.3 Å². The number of nitrogens with one attached hydrogen (secondary N) is 1. The van der Waals surface area contributed by atoms with Crippen molar-refractivity contribution in [3.8, 4) is 0 Å². The summed E-state index contributed by atoms with van der Waals surface area (Å²) in [6.45, 7) is 1.48. The van der Waals surface area contributed by atoms with Crippen LogP contribution in [0.5, 0.6) is 0 Å². The molecule has 94 valence electrons. The number of hydrogen-bond donors (Lipinski definition) is 2. The van der Waals surface area contributed by atoms with Crippen molar-refractivity contribution in [2.24, 2.45) is 0 Å². The van der Waals surface area contributed by atoms with Gasteiger partial charge < -0.3 is 16.0 Å². The Bertz CT molecular complexity index is 395. The van der Waals surface area contributed by atoms with Crippen molar-refractivity contribution >= 4 is 17.3 Å². The molecule has 1 aromatic heterocycles. The van der Waals surface area contributed by atoms with Crippen LogP contribution in [0.3, 0.4) is 0 Å². The average molecular weight is 240 g/mol. The predicted molar refractivity (Wildman–Crippen MR) is 64.8 cm³/mol. The number of nitro groups is 1. The number of rotatable bonds is 6. The Labute approximate surface area is 99.0 Å². The zero-order chi connectivity index (χ0) is 12.8. The fourth-order valence-electron chi connectivity index (χ4n) is 1.30. The third-order valence-electron chi connectivity index (χ3n) is 2.11. The molecular weight excluding hydrogens is 224 g/mol. The summed E-state index contributed by atoms with van der Waals surface area (Å²) >= 11 is 0. The number of hydrogen-bond acceptors (Lipinski definition) is 7. The Kier molecular flexibility index (Phi) is 4.58. The van der Waals surface area contributed by atoms with Gasteiger partial charge in [-0.1, -0.05) is 0 Å². The van der Waals surface area contributed by atoms with E-state index in [0.717, 1.165) is 13.0 Å². The molecule has 0 aromatic carbocycles. The summed E-state index contributed by atoms with van der Waals surface area (Å²) in [7, 11) is 3.93. The third-order valence-corrected chi connectivity index (χ3v) is 2.11. The van der Waals surface area contributed by atoms with E-state index in [1.807, 2.05) is 19.0 Å². The van der Waals surface area contributed by atoms with Crippen LogP contribution >= 0.6 is 0 Å².